The first-order chi connectivity index (χ1) is 14.2. The molecule has 1 aliphatic rings. The van der Waals surface area contributed by atoms with Gasteiger partial charge in [0.05, 0.1) is 12.7 Å². The molecule has 29 heavy (non-hydrogen) atoms. The van der Waals surface area contributed by atoms with Gasteiger partial charge in [0, 0.05) is 12.0 Å². The van der Waals surface area contributed by atoms with Gasteiger partial charge < -0.3 is 9.47 Å². The average molecular weight is 388 g/mol. The minimum absolute atomic E-state index is 0.182. The lowest BCUT2D eigenvalue weighted by Gasteiger charge is -2.07. The summed E-state index contributed by atoms with van der Waals surface area (Å²) in [6, 6.07) is 17.3. The van der Waals surface area contributed by atoms with Crippen LogP contribution in [0.4, 0.5) is 0 Å². The van der Waals surface area contributed by atoms with Gasteiger partial charge in [-0.3, -0.25) is 9.78 Å². The molecular weight excluding hydrogens is 370 g/mol. The third-order valence-corrected chi connectivity index (χ3v) is 5.09. The van der Waals surface area contributed by atoms with Gasteiger partial charge in [0.25, 0.3) is 11.2 Å². The van der Waals surface area contributed by atoms with E-state index in [-0.39, 0.29) is 6.79 Å². The Hall–Kier alpha value is -3.87. The molecule has 5 rings (SSSR count). The van der Waals surface area contributed by atoms with Crippen molar-refractivity contribution in [3.63, 3.8) is 0 Å². The number of aryl methyl sites for hydroxylation is 2. The monoisotopic (exact) mass is 388 g/mol. The maximum absolute atomic E-state index is 12.7. The van der Waals surface area contributed by atoms with Gasteiger partial charge in [-0.15, -0.1) is 0 Å². The number of aromatic amines is 2. The molecule has 0 spiro atoms. The van der Waals surface area contributed by atoms with Crippen molar-refractivity contribution in [3.05, 3.63) is 87.2 Å². The molecule has 7 heteroatoms. The summed E-state index contributed by atoms with van der Waals surface area (Å²) in [5.74, 6) is 1.31. The SMILES string of the molecule is O=c1[nH]c(=O)n(CCc2ccccc2)c2[nH+]ccc(-c3ccc4c(c3)OCO4)c12. The number of H-pyrrole nitrogens is 2. The summed E-state index contributed by atoms with van der Waals surface area (Å²) in [7, 11) is 0. The van der Waals surface area contributed by atoms with Crippen molar-refractivity contribution in [3.8, 4) is 22.6 Å². The molecule has 3 heterocycles. The topological polar surface area (TPSA) is 87.5 Å². The van der Waals surface area contributed by atoms with Crippen molar-refractivity contribution in [1.82, 2.24) is 9.55 Å². The van der Waals surface area contributed by atoms with E-state index in [9.17, 15) is 9.59 Å². The molecule has 0 unspecified atom stereocenters. The summed E-state index contributed by atoms with van der Waals surface area (Å²) >= 11 is 0. The van der Waals surface area contributed by atoms with Gasteiger partial charge in [0.15, 0.2) is 11.5 Å². The molecule has 0 bridgehead atoms. The highest BCUT2D eigenvalue weighted by Gasteiger charge is 2.21. The predicted octanol–water partition coefficient (Wildman–Crippen LogP) is 2.14. The number of aromatic nitrogens is 3. The fourth-order valence-electron chi connectivity index (χ4n) is 3.66. The van der Waals surface area contributed by atoms with Crippen molar-refractivity contribution >= 4 is 11.0 Å². The van der Waals surface area contributed by atoms with Crippen molar-refractivity contribution in [1.29, 1.82) is 0 Å². The Kier molecular flexibility index (Phi) is 4.13. The van der Waals surface area contributed by atoms with Gasteiger partial charge in [-0.2, -0.15) is 4.57 Å². The number of ether oxygens (including phenoxy) is 2. The fraction of sp³-hybridized carbons (Fsp3) is 0.136. The minimum atomic E-state index is -0.433. The highest BCUT2D eigenvalue weighted by atomic mass is 16.7. The Bertz CT molecular complexity index is 1330. The third-order valence-electron chi connectivity index (χ3n) is 5.09. The van der Waals surface area contributed by atoms with Crippen LogP contribution in [-0.2, 0) is 13.0 Å². The third kappa shape index (κ3) is 3.06. The van der Waals surface area contributed by atoms with Crippen molar-refractivity contribution in [2.24, 2.45) is 0 Å². The second-order valence-corrected chi connectivity index (χ2v) is 6.83. The number of nitrogens with one attached hydrogen (secondary N) is 2. The van der Waals surface area contributed by atoms with Crippen LogP contribution in [0, 0.1) is 0 Å². The predicted molar refractivity (Wildman–Crippen MR) is 107 cm³/mol. The first-order valence-electron chi connectivity index (χ1n) is 9.32. The van der Waals surface area contributed by atoms with E-state index in [1.165, 1.54) is 0 Å². The van der Waals surface area contributed by atoms with E-state index in [2.05, 4.69) is 9.97 Å². The second kappa shape index (κ2) is 6.94. The molecule has 4 aromatic rings. The van der Waals surface area contributed by atoms with Crippen LogP contribution in [0.5, 0.6) is 11.5 Å². The average Bonchev–Trinajstić information content (AvgIpc) is 3.21. The highest BCUT2D eigenvalue weighted by molar-refractivity contribution is 5.90. The normalized spacial score (nSPS) is 12.4. The van der Waals surface area contributed by atoms with E-state index in [4.69, 9.17) is 9.47 Å². The minimum Gasteiger partial charge on any atom is -0.454 e. The van der Waals surface area contributed by atoms with Crippen LogP contribution in [0.2, 0.25) is 0 Å². The summed E-state index contributed by atoms with van der Waals surface area (Å²) in [5, 5.41) is 0.430. The first-order valence-corrected chi connectivity index (χ1v) is 9.32. The van der Waals surface area contributed by atoms with E-state index < -0.39 is 11.2 Å². The Morgan fingerprint density at radius 1 is 1.00 bits per heavy atom. The van der Waals surface area contributed by atoms with Crippen LogP contribution in [0.1, 0.15) is 5.56 Å². The molecule has 0 radical (unpaired) electrons. The fourth-order valence-corrected chi connectivity index (χ4v) is 3.66. The maximum atomic E-state index is 12.7. The zero-order valence-corrected chi connectivity index (χ0v) is 15.5. The molecule has 0 aliphatic carbocycles. The van der Waals surface area contributed by atoms with Gasteiger partial charge in [-0.1, -0.05) is 36.4 Å². The van der Waals surface area contributed by atoms with Gasteiger partial charge in [-0.25, -0.2) is 9.78 Å². The number of rotatable bonds is 4. The van der Waals surface area contributed by atoms with Crippen LogP contribution in [0.15, 0.2) is 70.4 Å². The summed E-state index contributed by atoms with van der Waals surface area (Å²) < 4.78 is 12.4. The Morgan fingerprint density at radius 2 is 1.83 bits per heavy atom. The molecule has 2 N–H and O–H groups in total. The van der Waals surface area contributed by atoms with E-state index in [0.29, 0.717) is 41.1 Å². The summed E-state index contributed by atoms with van der Waals surface area (Å²) in [6.45, 7) is 0.624. The quantitative estimate of drug-likeness (QED) is 0.580. The molecule has 0 atom stereocenters. The summed E-state index contributed by atoms with van der Waals surface area (Å²) in [6.07, 6.45) is 2.41. The van der Waals surface area contributed by atoms with Gasteiger partial charge in [0.2, 0.25) is 6.79 Å². The number of hydrogen-bond donors (Lipinski definition) is 1. The maximum Gasteiger partial charge on any atom is 0.415 e. The first kappa shape index (κ1) is 17.2. The van der Waals surface area contributed by atoms with E-state index in [1.807, 2.05) is 54.6 Å². The number of fused-ring (bicyclic) bond motifs is 2. The highest BCUT2D eigenvalue weighted by Crippen LogP contribution is 2.36. The molecule has 0 saturated heterocycles. The summed E-state index contributed by atoms with van der Waals surface area (Å²) in [5.41, 5.74) is 2.28. The lowest BCUT2D eigenvalue weighted by Crippen LogP contribution is -2.34. The molecule has 2 aromatic heterocycles. The molecule has 0 saturated carbocycles. The second-order valence-electron chi connectivity index (χ2n) is 6.83. The Labute approximate surface area is 165 Å². The van der Waals surface area contributed by atoms with Crippen molar-refractivity contribution in [2.75, 3.05) is 6.79 Å². The standard InChI is InChI=1S/C22H17N3O4/c26-21-19-16(15-6-7-17-18(12-15)29-13-28-17)8-10-23-20(19)25(22(27)24-21)11-9-14-4-2-1-3-5-14/h1-8,10,12H,9,11,13H2,(H,24,26,27)/p+1. The lowest BCUT2D eigenvalue weighted by atomic mass is 10.0. The number of benzene rings is 2. The van der Waals surface area contributed by atoms with Crippen LogP contribution in [-0.4, -0.2) is 16.3 Å². The van der Waals surface area contributed by atoms with Crippen LogP contribution in [0.3, 0.4) is 0 Å². The molecule has 0 amide bonds. The zero-order chi connectivity index (χ0) is 19.8. The molecule has 0 fully saturated rings. The zero-order valence-electron chi connectivity index (χ0n) is 15.5. The van der Waals surface area contributed by atoms with Crippen LogP contribution < -0.4 is 25.7 Å². The molecule has 7 nitrogen and oxygen atoms in total. The Morgan fingerprint density at radius 3 is 2.69 bits per heavy atom. The van der Waals surface area contributed by atoms with E-state index in [1.54, 1.807) is 10.8 Å². The van der Waals surface area contributed by atoms with Crippen LogP contribution in [0.25, 0.3) is 22.2 Å². The van der Waals surface area contributed by atoms with Gasteiger partial charge in [-0.05, 0) is 29.3 Å². The summed E-state index contributed by atoms with van der Waals surface area (Å²) in [4.78, 5) is 30.8. The number of nitrogens with zero attached hydrogens (tertiary/aromatic N) is 1. The largest absolute Gasteiger partial charge is 0.454 e. The van der Waals surface area contributed by atoms with Gasteiger partial charge >= 0.3 is 5.69 Å². The molecular formula is C22H18N3O4+. The van der Waals surface area contributed by atoms with E-state index in [0.717, 1.165) is 11.1 Å². The number of hydrogen-bond acceptors (Lipinski definition) is 4. The molecule has 2 aromatic carbocycles. The van der Waals surface area contributed by atoms with Gasteiger partial charge in [0.1, 0.15) is 5.39 Å². The Balaban J connectivity index is 1.64. The molecule has 1 aliphatic heterocycles. The van der Waals surface area contributed by atoms with Crippen molar-refractivity contribution in [2.45, 2.75) is 13.0 Å². The van der Waals surface area contributed by atoms with E-state index >= 15 is 0 Å². The molecule has 144 valence electrons. The number of pyridine rings is 1. The lowest BCUT2D eigenvalue weighted by molar-refractivity contribution is -0.349. The van der Waals surface area contributed by atoms with Crippen molar-refractivity contribution < 1.29 is 14.5 Å². The smallest absolute Gasteiger partial charge is 0.415 e. The van der Waals surface area contributed by atoms with Crippen LogP contribution >= 0.6 is 0 Å².